The number of ether oxygens (including phenoxy) is 2. The van der Waals surface area contributed by atoms with Gasteiger partial charge in [0.2, 0.25) is 17.7 Å². The molecule has 0 radical (unpaired) electrons. The summed E-state index contributed by atoms with van der Waals surface area (Å²) in [6.45, 7) is 21.9. The maximum Gasteiger partial charge on any atom is 0.306 e. The quantitative estimate of drug-likeness (QED) is 0.166. The van der Waals surface area contributed by atoms with E-state index in [1.165, 1.54) is 0 Å². The fraction of sp³-hybridized carbons (Fsp3) is 0.650. The molecule has 276 valence electrons. The summed E-state index contributed by atoms with van der Waals surface area (Å²) in [5.74, 6) is -3.30. The van der Waals surface area contributed by atoms with E-state index in [9.17, 15) is 19.5 Å². The van der Waals surface area contributed by atoms with Crippen LogP contribution in [0.15, 0.2) is 55.6 Å². The van der Waals surface area contributed by atoms with Crippen molar-refractivity contribution in [1.82, 2.24) is 15.1 Å². The predicted molar refractivity (Wildman–Crippen MR) is 193 cm³/mol. The maximum atomic E-state index is 15.1. The normalized spacial score (nSPS) is 26.2. The van der Waals surface area contributed by atoms with Crippen LogP contribution in [0, 0.1) is 23.2 Å². The van der Waals surface area contributed by atoms with Gasteiger partial charge in [-0.1, -0.05) is 83.5 Å². The fourth-order valence-electron chi connectivity index (χ4n) is 8.79. The average Bonchev–Trinajstić information content (AvgIpc) is 3.71. The number of carbonyl (C=O) groups excluding carboxylic acids is 4. The van der Waals surface area contributed by atoms with Gasteiger partial charge in [0.05, 0.1) is 36.6 Å². The van der Waals surface area contributed by atoms with Gasteiger partial charge in [-0.3, -0.25) is 19.2 Å². The van der Waals surface area contributed by atoms with Crippen molar-refractivity contribution in [2.24, 2.45) is 23.2 Å². The Kier molecular flexibility index (Phi) is 12.4. The molecule has 1 spiro atoms. The average molecular weight is 694 g/mol. The van der Waals surface area contributed by atoms with Gasteiger partial charge in [0.25, 0.3) is 0 Å². The zero-order valence-electron chi connectivity index (χ0n) is 31.2. The standard InChI is InChI=1S/C40H59N3O7/c1-10-13-19-31(45)49-24-28(27-17-15-14-16-18-27)41-35(46)32-30-20-21-40(50-30)33(32)36(47)43(29(23-44)26(4)12-3)34(40)37(48)42(22-11-2)39(8,9)25-38(5,6)7/h10-11,14-18,26,28-30,32-34,44H,1-2,12-13,19-25H2,3-9H3,(H,41,46)/t26-,28+,29-,30+,32-,33-,34+,40-/m0/s1. The summed E-state index contributed by atoms with van der Waals surface area (Å²) in [5.41, 5.74) is -1.18. The molecule has 10 nitrogen and oxygen atoms in total. The van der Waals surface area contributed by atoms with Gasteiger partial charge in [-0.05, 0) is 56.4 Å². The Morgan fingerprint density at radius 3 is 2.42 bits per heavy atom. The summed E-state index contributed by atoms with van der Waals surface area (Å²) < 4.78 is 12.3. The third-order valence-corrected chi connectivity index (χ3v) is 10.9. The summed E-state index contributed by atoms with van der Waals surface area (Å²) in [6, 6.07) is 6.93. The predicted octanol–water partition coefficient (Wildman–Crippen LogP) is 5.36. The fourth-order valence-corrected chi connectivity index (χ4v) is 8.79. The number of benzene rings is 1. The monoisotopic (exact) mass is 693 g/mol. The van der Waals surface area contributed by atoms with Gasteiger partial charge < -0.3 is 29.7 Å². The number of fused-ring (bicyclic) bond motifs is 1. The molecule has 3 heterocycles. The first-order chi connectivity index (χ1) is 23.6. The van der Waals surface area contributed by atoms with Crippen molar-refractivity contribution in [1.29, 1.82) is 0 Å². The van der Waals surface area contributed by atoms with Crippen LogP contribution in [0.2, 0.25) is 0 Å². The summed E-state index contributed by atoms with van der Waals surface area (Å²) in [4.78, 5) is 60.2. The number of allylic oxidation sites excluding steroid dienone is 1. The van der Waals surface area contributed by atoms with Gasteiger partial charge >= 0.3 is 5.97 Å². The Hall–Kier alpha value is -3.50. The van der Waals surface area contributed by atoms with Gasteiger partial charge in [0.15, 0.2) is 0 Å². The molecule has 3 amide bonds. The molecular weight excluding hydrogens is 634 g/mol. The molecule has 1 aromatic rings. The Morgan fingerprint density at radius 1 is 1.16 bits per heavy atom. The highest BCUT2D eigenvalue weighted by Gasteiger charge is 2.75. The van der Waals surface area contributed by atoms with E-state index in [-0.39, 0.29) is 55.2 Å². The minimum atomic E-state index is -1.24. The highest BCUT2D eigenvalue weighted by Crippen LogP contribution is 2.59. The second-order valence-electron chi connectivity index (χ2n) is 16.2. The first-order valence-electron chi connectivity index (χ1n) is 18.2. The number of likely N-dealkylation sites (tertiary alicyclic amines) is 1. The summed E-state index contributed by atoms with van der Waals surface area (Å²) in [7, 11) is 0. The Labute approximate surface area is 298 Å². The van der Waals surface area contributed by atoms with Crippen LogP contribution in [0.25, 0.3) is 0 Å². The lowest BCUT2D eigenvalue weighted by atomic mass is 9.70. The number of hydrogen-bond acceptors (Lipinski definition) is 7. The van der Waals surface area contributed by atoms with E-state index >= 15 is 4.79 Å². The summed E-state index contributed by atoms with van der Waals surface area (Å²) in [5, 5.41) is 13.9. The molecule has 3 aliphatic rings. The number of nitrogens with one attached hydrogen (secondary N) is 1. The Balaban J connectivity index is 1.74. The lowest BCUT2D eigenvalue weighted by molar-refractivity contribution is -0.156. The van der Waals surface area contributed by atoms with E-state index in [4.69, 9.17) is 9.47 Å². The molecule has 3 fully saturated rings. The second-order valence-corrected chi connectivity index (χ2v) is 16.2. The highest BCUT2D eigenvalue weighted by molar-refractivity contribution is 5.99. The minimum absolute atomic E-state index is 0.0824. The molecule has 10 heteroatoms. The molecule has 1 aromatic carbocycles. The number of amides is 3. The number of aliphatic hydroxyl groups excluding tert-OH is 1. The number of aliphatic hydroxyl groups is 1. The summed E-state index contributed by atoms with van der Waals surface area (Å²) >= 11 is 0. The first-order valence-corrected chi connectivity index (χ1v) is 18.2. The van der Waals surface area contributed by atoms with Crippen LogP contribution in [-0.2, 0) is 28.7 Å². The minimum Gasteiger partial charge on any atom is -0.463 e. The van der Waals surface area contributed by atoms with Crippen molar-refractivity contribution in [3.8, 4) is 0 Å². The number of rotatable bonds is 17. The second kappa shape index (κ2) is 15.8. The molecule has 2 N–H and O–H groups in total. The number of nitrogens with zero attached hydrogens (tertiary/aromatic N) is 2. The molecule has 3 aliphatic heterocycles. The Bertz CT molecular complexity index is 1410. The van der Waals surface area contributed by atoms with Crippen molar-refractivity contribution in [2.75, 3.05) is 19.8 Å². The van der Waals surface area contributed by atoms with Crippen molar-refractivity contribution < 1.29 is 33.8 Å². The molecule has 2 bridgehead atoms. The van der Waals surface area contributed by atoms with Gasteiger partial charge in [-0.15, -0.1) is 13.2 Å². The van der Waals surface area contributed by atoms with Crippen LogP contribution in [0.3, 0.4) is 0 Å². The zero-order valence-corrected chi connectivity index (χ0v) is 31.2. The molecule has 8 atom stereocenters. The number of carbonyl (C=O) groups is 4. The van der Waals surface area contributed by atoms with Crippen LogP contribution in [-0.4, -0.2) is 87.7 Å². The molecule has 0 aliphatic carbocycles. The van der Waals surface area contributed by atoms with E-state index in [1.54, 1.807) is 22.0 Å². The number of hydrogen-bond donors (Lipinski definition) is 2. The molecular formula is C40H59N3O7. The van der Waals surface area contributed by atoms with Crippen LogP contribution < -0.4 is 5.32 Å². The third-order valence-electron chi connectivity index (χ3n) is 10.9. The molecule has 0 aromatic heterocycles. The van der Waals surface area contributed by atoms with Crippen molar-refractivity contribution >= 4 is 23.7 Å². The highest BCUT2D eigenvalue weighted by atomic mass is 16.5. The zero-order chi connectivity index (χ0) is 37.0. The SMILES string of the molecule is C=CCCC(=O)OC[C@@H](NC(=O)[C@@H]1[C@H]2C(=O)N([C@@H](CO)[C@@H](C)CC)[C@H](C(=O)N(CC=C)C(C)(C)CC(C)(C)C)[C@]23CC[C@H]1O3)c1ccccc1. The van der Waals surface area contributed by atoms with E-state index in [2.05, 4.69) is 39.2 Å². The molecule has 0 unspecified atom stereocenters. The smallest absolute Gasteiger partial charge is 0.306 e. The third kappa shape index (κ3) is 7.86. The van der Waals surface area contributed by atoms with Gasteiger partial charge in [0, 0.05) is 18.5 Å². The van der Waals surface area contributed by atoms with Crippen molar-refractivity contribution in [3.63, 3.8) is 0 Å². The maximum absolute atomic E-state index is 15.1. The van der Waals surface area contributed by atoms with Crippen LogP contribution in [0.4, 0.5) is 0 Å². The molecule has 50 heavy (non-hydrogen) atoms. The van der Waals surface area contributed by atoms with Crippen LogP contribution in [0.1, 0.15) is 98.6 Å². The van der Waals surface area contributed by atoms with Crippen LogP contribution in [0.5, 0.6) is 0 Å². The van der Waals surface area contributed by atoms with E-state index in [0.717, 1.165) is 5.56 Å². The Morgan fingerprint density at radius 2 is 1.84 bits per heavy atom. The summed E-state index contributed by atoms with van der Waals surface area (Å²) in [6.07, 6.45) is 5.75. The van der Waals surface area contributed by atoms with E-state index in [0.29, 0.717) is 32.1 Å². The molecule has 4 rings (SSSR count). The van der Waals surface area contributed by atoms with Crippen molar-refractivity contribution in [2.45, 2.75) is 122 Å². The number of esters is 1. The lowest BCUT2D eigenvalue weighted by Gasteiger charge is -2.47. The van der Waals surface area contributed by atoms with Gasteiger partial charge in [-0.2, -0.15) is 0 Å². The largest absolute Gasteiger partial charge is 0.463 e. The van der Waals surface area contributed by atoms with E-state index in [1.807, 2.05) is 58.0 Å². The first kappa shape index (κ1) is 39.3. The molecule has 3 saturated heterocycles. The lowest BCUT2D eigenvalue weighted by Crippen LogP contribution is -2.63. The van der Waals surface area contributed by atoms with E-state index < -0.39 is 53.2 Å². The van der Waals surface area contributed by atoms with Crippen molar-refractivity contribution in [3.05, 3.63) is 61.2 Å². The van der Waals surface area contributed by atoms with Gasteiger partial charge in [-0.25, -0.2) is 0 Å². The topological polar surface area (TPSA) is 125 Å². The molecule has 0 saturated carbocycles. The van der Waals surface area contributed by atoms with Gasteiger partial charge in [0.1, 0.15) is 18.2 Å². The van der Waals surface area contributed by atoms with Crippen LogP contribution >= 0.6 is 0 Å².